The number of anilines is 2. The van der Waals surface area contributed by atoms with Crippen molar-refractivity contribution in [2.75, 3.05) is 10.3 Å². The summed E-state index contributed by atoms with van der Waals surface area (Å²) >= 11 is 0. The van der Waals surface area contributed by atoms with Crippen molar-refractivity contribution in [1.29, 1.82) is 0 Å². The lowest BCUT2D eigenvalue weighted by atomic mass is 10.1. The van der Waals surface area contributed by atoms with Gasteiger partial charge in [0.15, 0.2) is 0 Å². The zero-order valence-corrected chi connectivity index (χ0v) is 14.7. The molecule has 0 saturated carbocycles. The van der Waals surface area contributed by atoms with Crippen LogP contribution in [0.4, 0.5) is 11.4 Å². The van der Waals surface area contributed by atoms with Crippen LogP contribution in [0.3, 0.4) is 0 Å². The molecule has 0 atom stereocenters. The van der Waals surface area contributed by atoms with Gasteiger partial charge >= 0.3 is 0 Å². The van der Waals surface area contributed by atoms with E-state index in [1.807, 2.05) is 63.2 Å². The van der Waals surface area contributed by atoms with Crippen LogP contribution in [-0.4, -0.2) is 17.5 Å². The molecule has 0 aromatic heterocycles. The number of carbonyl (C=O) groups excluding carboxylic acids is 2. The highest BCUT2D eigenvalue weighted by Gasteiger charge is 2.25. The summed E-state index contributed by atoms with van der Waals surface area (Å²) in [5.74, 6) is -0.376. The van der Waals surface area contributed by atoms with Crippen molar-refractivity contribution < 1.29 is 9.59 Å². The van der Waals surface area contributed by atoms with Gasteiger partial charge in [-0.15, -0.1) is 0 Å². The van der Waals surface area contributed by atoms with Gasteiger partial charge < -0.3 is 5.32 Å². The Hall–Kier alpha value is -2.95. The average molecular weight is 335 g/mol. The highest BCUT2D eigenvalue weighted by molar-refractivity contribution is 6.44. The molecule has 0 unspecified atom stereocenters. The van der Waals surface area contributed by atoms with Crippen LogP contribution in [-0.2, 0) is 9.59 Å². The van der Waals surface area contributed by atoms with Gasteiger partial charge in [0.05, 0.1) is 5.69 Å². The number of nitrogens with one attached hydrogen (secondary N) is 1. The quantitative estimate of drug-likeness (QED) is 0.929. The minimum Gasteiger partial charge on any atom is -0.321 e. The molecule has 0 bridgehead atoms. The number of rotatable bonds is 3. The molecule has 2 aromatic rings. The van der Waals surface area contributed by atoms with E-state index in [0.29, 0.717) is 17.8 Å². The Balaban J connectivity index is 1.81. The number of nitrogens with zero attached hydrogens (tertiary/aromatic N) is 2. The van der Waals surface area contributed by atoms with Gasteiger partial charge in [-0.05, 0) is 56.2 Å². The summed E-state index contributed by atoms with van der Waals surface area (Å²) in [6, 6.07) is 13.3. The molecule has 0 radical (unpaired) electrons. The van der Waals surface area contributed by atoms with E-state index in [1.54, 1.807) is 0 Å². The van der Waals surface area contributed by atoms with Crippen LogP contribution < -0.4 is 10.3 Å². The smallest absolute Gasteiger partial charge is 0.271 e. The lowest BCUT2D eigenvalue weighted by Crippen LogP contribution is -2.36. The summed E-state index contributed by atoms with van der Waals surface area (Å²) in [6.07, 6.45) is 0.616. The molecule has 0 saturated heterocycles. The lowest BCUT2D eigenvalue weighted by molar-refractivity contribution is -0.118. The van der Waals surface area contributed by atoms with E-state index in [9.17, 15) is 9.59 Å². The van der Waals surface area contributed by atoms with Gasteiger partial charge in [0.2, 0.25) is 5.91 Å². The molecular weight excluding hydrogens is 314 g/mol. The first-order chi connectivity index (χ1) is 11.9. The second kappa shape index (κ2) is 6.89. The maximum atomic E-state index is 12.5. The van der Waals surface area contributed by atoms with Crippen LogP contribution in [0, 0.1) is 20.8 Å². The van der Waals surface area contributed by atoms with Crippen LogP contribution in [0.2, 0.25) is 0 Å². The van der Waals surface area contributed by atoms with Crippen LogP contribution in [0.25, 0.3) is 0 Å². The van der Waals surface area contributed by atoms with Gasteiger partial charge in [0.1, 0.15) is 5.71 Å². The van der Waals surface area contributed by atoms with E-state index < -0.39 is 0 Å². The van der Waals surface area contributed by atoms with Crippen molar-refractivity contribution in [2.45, 2.75) is 33.6 Å². The number of carbonyl (C=O) groups is 2. The molecule has 5 heteroatoms. The van der Waals surface area contributed by atoms with Gasteiger partial charge in [0.25, 0.3) is 5.91 Å². The zero-order valence-electron chi connectivity index (χ0n) is 14.7. The minimum absolute atomic E-state index is 0.105. The van der Waals surface area contributed by atoms with Gasteiger partial charge in [-0.2, -0.15) is 5.10 Å². The molecule has 1 N–H and O–H groups in total. The second-order valence-electron chi connectivity index (χ2n) is 6.34. The predicted octanol–water partition coefficient (Wildman–Crippen LogP) is 3.73. The van der Waals surface area contributed by atoms with Gasteiger partial charge in [-0.1, -0.05) is 23.8 Å². The Bertz CT molecular complexity index is 854. The topological polar surface area (TPSA) is 61.8 Å². The van der Waals surface area contributed by atoms with Crippen LogP contribution >= 0.6 is 0 Å². The molecule has 2 aromatic carbocycles. The van der Waals surface area contributed by atoms with Crippen LogP contribution in [0.1, 0.15) is 29.5 Å². The van der Waals surface area contributed by atoms with Crippen LogP contribution in [0.5, 0.6) is 0 Å². The summed E-state index contributed by atoms with van der Waals surface area (Å²) < 4.78 is 0. The summed E-state index contributed by atoms with van der Waals surface area (Å²) in [5.41, 5.74) is 5.15. The zero-order chi connectivity index (χ0) is 18.0. The number of benzene rings is 2. The average Bonchev–Trinajstić information content (AvgIpc) is 2.59. The predicted molar refractivity (Wildman–Crippen MR) is 99.9 cm³/mol. The van der Waals surface area contributed by atoms with Gasteiger partial charge in [-0.3, -0.25) is 9.59 Å². The fourth-order valence-corrected chi connectivity index (χ4v) is 2.63. The van der Waals surface area contributed by atoms with Crippen molar-refractivity contribution in [3.63, 3.8) is 0 Å². The van der Waals surface area contributed by atoms with Crippen molar-refractivity contribution >= 4 is 28.9 Å². The van der Waals surface area contributed by atoms with Crippen molar-refractivity contribution in [1.82, 2.24) is 0 Å². The summed E-state index contributed by atoms with van der Waals surface area (Å²) in [4.78, 5) is 24.7. The van der Waals surface area contributed by atoms with E-state index in [2.05, 4.69) is 10.4 Å². The number of hydrogen-bond donors (Lipinski definition) is 1. The van der Waals surface area contributed by atoms with E-state index in [0.717, 1.165) is 16.8 Å². The maximum Gasteiger partial charge on any atom is 0.271 e. The maximum absolute atomic E-state index is 12.5. The lowest BCUT2D eigenvalue weighted by Gasteiger charge is -2.23. The molecule has 0 aliphatic carbocycles. The summed E-state index contributed by atoms with van der Waals surface area (Å²) in [5, 5.41) is 8.47. The Kier molecular flexibility index (Phi) is 4.65. The Labute approximate surface area is 147 Å². The Morgan fingerprint density at radius 3 is 2.40 bits per heavy atom. The fourth-order valence-electron chi connectivity index (χ4n) is 2.63. The number of hydrogen-bond acceptors (Lipinski definition) is 3. The van der Waals surface area contributed by atoms with E-state index >= 15 is 0 Å². The Morgan fingerprint density at radius 2 is 1.72 bits per heavy atom. The SMILES string of the molecule is Cc1ccc(N2N=C(C(=O)Nc3ccc(C)c(C)c3)CCC2=O)cc1. The molecule has 2 amide bonds. The molecule has 0 fully saturated rings. The minimum atomic E-state index is -0.270. The molecule has 5 nitrogen and oxygen atoms in total. The van der Waals surface area contributed by atoms with E-state index in [-0.39, 0.29) is 18.2 Å². The van der Waals surface area contributed by atoms with Crippen molar-refractivity contribution in [2.24, 2.45) is 5.10 Å². The number of amides is 2. The third-order valence-electron chi connectivity index (χ3n) is 4.34. The first-order valence-corrected chi connectivity index (χ1v) is 8.30. The van der Waals surface area contributed by atoms with E-state index in [4.69, 9.17) is 0 Å². The largest absolute Gasteiger partial charge is 0.321 e. The van der Waals surface area contributed by atoms with Crippen LogP contribution in [0.15, 0.2) is 47.6 Å². The van der Waals surface area contributed by atoms with Gasteiger partial charge in [0, 0.05) is 18.5 Å². The molecule has 1 heterocycles. The summed E-state index contributed by atoms with van der Waals surface area (Å²) in [6.45, 7) is 6.01. The van der Waals surface area contributed by atoms with Crippen molar-refractivity contribution in [3.05, 3.63) is 59.2 Å². The van der Waals surface area contributed by atoms with Gasteiger partial charge in [-0.25, -0.2) is 5.01 Å². The molecule has 1 aliphatic heterocycles. The monoisotopic (exact) mass is 335 g/mol. The van der Waals surface area contributed by atoms with E-state index in [1.165, 1.54) is 10.6 Å². The fraction of sp³-hybridized carbons (Fsp3) is 0.250. The third-order valence-corrected chi connectivity index (χ3v) is 4.34. The molecule has 25 heavy (non-hydrogen) atoms. The second-order valence-corrected chi connectivity index (χ2v) is 6.34. The first-order valence-electron chi connectivity index (χ1n) is 8.30. The standard InChI is InChI=1S/C20H21N3O2/c1-13-4-8-17(9-5-13)23-19(24)11-10-18(22-23)20(25)21-16-7-6-14(2)15(3)12-16/h4-9,12H,10-11H2,1-3H3,(H,21,25). The Morgan fingerprint density at radius 1 is 1.00 bits per heavy atom. The number of aryl methyl sites for hydroxylation is 3. The molecule has 1 aliphatic rings. The summed E-state index contributed by atoms with van der Waals surface area (Å²) in [7, 11) is 0. The normalized spacial score (nSPS) is 14.3. The molecule has 3 rings (SSSR count). The first kappa shape index (κ1) is 16.9. The highest BCUT2D eigenvalue weighted by Crippen LogP contribution is 2.21. The highest BCUT2D eigenvalue weighted by atomic mass is 16.2. The molecule has 128 valence electrons. The molecular formula is C20H21N3O2. The third kappa shape index (κ3) is 3.76. The molecule has 0 spiro atoms. The van der Waals surface area contributed by atoms with Crippen molar-refractivity contribution in [3.8, 4) is 0 Å². The number of hydrazone groups is 1.